The zero-order valence-corrected chi connectivity index (χ0v) is 20.8. The van der Waals surface area contributed by atoms with Crippen LogP contribution in [-0.4, -0.2) is 41.0 Å². The number of carbonyl (C=O) groups is 1. The van der Waals surface area contributed by atoms with E-state index in [9.17, 15) is 4.79 Å². The summed E-state index contributed by atoms with van der Waals surface area (Å²) in [6, 6.07) is 5.31. The quantitative estimate of drug-likeness (QED) is 0.269. The van der Waals surface area contributed by atoms with Gasteiger partial charge in [-0.15, -0.1) is 0 Å². The predicted octanol–water partition coefficient (Wildman–Crippen LogP) is 5.73. The minimum absolute atomic E-state index is 0.0768. The molecular weight excluding hydrogens is 487 g/mol. The second-order valence-electron chi connectivity index (χ2n) is 10.2. The van der Waals surface area contributed by atoms with Gasteiger partial charge < -0.3 is 14.7 Å². The van der Waals surface area contributed by atoms with Crippen LogP contribution in [0.3, 0.4) is 0 Å². The van der Waals surface area contributed by atoms with Crippen molar-refractivity contribution in [3.8, 4) is 33.9 Å². The number of imidazole rings is 1. The second kappa shape index (κ2) is 8.87. The lowest BCUT2D eigenvalue weighted by Crippen LogP contribution is -2.19. The van der Waals surface area contributed by atoms with E-state index in [2.05, 4.69) is 35.5 Å². The highest BCUT2D eigenvalue weighted by molar-refractivity contribution is 5.97. The summed E-state index contributed by atoms with van der Waals surface area (Å²) in [7, 11) is 0. The molecule has 0 bridgehead atoms. The Kier molecular flexibility index (Phi) is 5.48. The number of aromatic amines is 2. The Morgan fingerprint density at radius 2 is 1.97 bits per heavy atom. The van der Waals surface area contributed by atoms with Crippen LogP contribution in [0.5, 0.6) is 0 Å². The number of amides is 1. The lowest BCUT2D eigenvalue weighted by atomic mass is 9.92. The molecule has 38 heavy (non-hydrogen) atoms. The van der Waals surface area contributed by atoms with Gasteiger partial charge in [0.15, 0.2) is 17.3 Å². The molecule has 6 rings (SSSR count). The maximum absolute atomic E-state index is 16.0. The van der Waals surface area contributed by atoms with Crippen molar-refractivity contribution in [3.05, 3.63) is 61.3 Å². The van der Waals surface area contributed by atoms with Gasteiger partial charge in [-0.1, -0.05) is 20.8 Å². The maximum atomic E-state index is 16.0. The number of carbonyl (C=O) groups excluding carboxylic acids is 1. The molecule has 190 valence electrons. The molecule has 0 fully saturated rings. The van der Waals surface area contributed by atoms with Crippen molar-refractivity contribution < 1.29 is 13.6 Å². The number of aromatic nitrogens is 7. The molecule has 0 atom stereocenters. The molecule has 0 aliphatic rings. The third-order valence-electron chi connectivity index (χ3n) is 5.97. The standard InChI is InChI=1S/C27H23FN8O2/c1-27(2,3)9-19(37)32-16-8-15(10-29-11-16)22-21(28)20-18(12-31-22)35-36-24(20)26-33-23-17(14-5-7-38-13-14)4-6-30-25(23)34-26/h4-8,10-13H,9H2,1-3H3,(H,32,37)(H,35,36)(H,30,33,34). The fraction of sp³-hybridized carbons (Fsp3) is 0.185. The number of pyridine rings is 3. The van der Waals surface area contributed by atoms with Crippen molar-refractivity contribution in [1.82, 2.24) is 35.1 Å². The van der Waals surface area contributed by atoms with Gasteiger partial charge in [-0.2, -0.15) is 5.10 Å². The summed E-state index contributed by atoms with van der Waals surface area (Å²) in [5.74, 6) is -0.382. The van der Waals surface area contributed by atoms with Crippen LogP contribution in [0.15, 0.2) is 59.9 Å². The molecule has 6 aromatic heterocycles. The molecule has 0 aliphatic carbocycles. The molecule has 0 saturated carbocycles. The Bertz CT molecular complexity index is 1800. The molecule has 0 unspecified atom stereocenters. The molecule has 0 radical (unpaired) electrons. The van der Waals surface area contributed by atoms with Crippen LogP contribution in [0.2, 0.25) is 0 Å². The molecule has 0 aliphatic heterocycles. The summed E-state index contributed by atoms with van der Waals surface area (Å²) in [5, 5.41) is 10.2. The molecule has 0 spiro atoms. The van der Waals surface area contributed by atoms with E-state index in [-0.39, 0.29) is 22.4 Å². The summed E-state index contributed by atoms with van der Waals surface area (Å²) in [4.78, 5) is 33.1. The Labute approximate surface area is 215 Å². The van der Waals surface area contributed by atoms with Gasteiger partial charge in [-0.05, 0) is 23.6 Å². The van der Waals surface area contributed by atoms with Crippen LogP contribution in [0.4, 0.5) is 10.1 Å². The molecule has 6 heterocycles. The first-order valence-corrected chi connectivity index (χ1v) is 11.9. The average Bonchev–Trinajstić information content (AvgIpc) is 3.62. The number of furan rings is 1. The molecule has 3 N–H and O–H groups in total. The van der Waals surface area contributed by atoms with Crippen LogP contribution in [0, 0.1) is 11.2 Å². The van der Waals surface area contributed by atoms with Gasteiger partial charge in [0, 0.05) is 35.5 Å². The van der Waals surface area contributed by atoms with E-state index >= 15 is 4.39 Å². The van der Waals surface area contributed by atoms with E-state index in [1.54, 1.807) is 24.8 Å². The monoisotopic (exact) mass is 510 g/mol. The van der Waals surface area contributed by atoms with Crippen LogP contribution in [-0.2, 0) is 4.79 Å². The highest BCUT2D eigenvalue weighted by atomic mass is 19.1. The Morgan fingerprint density at radius 3 is 2.76 bits per heavy atom. The van der Waals surface area contributed by atoms with Gasteiger partial charge in [0.1, 0.15) is 16.9 Å². The summed E-state index contributed by atoms with van der Waals surface area (Å²) in [6.07, 6.45) is 9.73. The molecule has 10 nitrogen and oxygen atoms in total. The highest BCUT2D eigenvalue weighted by Crippen LogP contribution is 2.34. The number of anilines is 1. The van der Waals surface area contributed by atoms with Crippen molar-refractivity contribution in [2.24, 2.45) is 5.41 Å². The van der Waals surface area contributed by atoms with E-state index in [0.29, 0.717) is 45.9 Å². The van der Waals surface area contributed by atoms with Crippen molar-refractivity contribution in [3.63, 3.8) is 0 Å². The van der Waals surface area contributed by atoms with E-state index in [0.717, 1.165) is 11.1 Å². The third-order valence-corrected chi connectivity index (χ3v) is 5.97. The Morgan fingerprint density at radius 1 is 1.11 bits per heavy atom. The molecular formula is C27H23FN8O2. The Hall–Kier alpha value is -4.93. The molecule has 0 saturated heterocycles. The second-order valence-corrected chi connectivity index (χ2v) is 10.2. The molecule has 1 amide bonds. The number of halogens is 1. The van der Waals surface area contributed by atoms with Crippen LogP contribution in [0.1, 0.15) is 27.2 Å². The van der Waals surface area contributed by atoms with Crippen LogP contribution in [0.25, 0.3) is 56.0 Å². The van der Waals surface area contributed by atoms with Crippen LogP contribution >= 0.6 is 0 Å². The largest absolute Gasteiger partial charge is 0.472 e. The first-order valence-electron chi connectivity index (χ1n) is 11.9. The normalized spacial score (nSPS) is 11.9. The van der Waals surface area contributed by atoms with Gasteiger partial charge in [0.25, 0.3) is 0 Å². The lowest BCUT2D eigenvalue weighted by Gasteiger charge is -2.17. The van der Waals surface area contributed by atoms with E-state index in [4.69, 9.17) is 9.40 Å². The summed E-state index contributed by atoms with van der Waals surface area (Å²) in [6.45, 7) is 5.94. The average molecular weight is 511 g/mol. The number of hydrogen-bond donors (Lipinski definition) is 3. The molecule has 6 aromatic rings. The fourth-order valence-electron chi connectivity index (χ4n) is 4.35. The van der Waals surface area contributed by atoms with E-state index in [1.807, 2.05) is 32.9 Å². The van der Waals surface area contributed by atoms with Gasteiger partial charge in [-0.25, -0.2) is 14.4 Å². The summed E-state index contributed by atoms with van der Waals surface area (Å²) in [5.41, 5.74) is 4.30. The smallest absolute Gasteiger partial charge is 0.224 e. The number of nitrogens with one attached hydrogen (secondary N) is 3. The summed E-state index contributed by atoms with van der Waals surface area (Å²) < 4.78 is 21.2. The molecule has 11 heteroatoms. The van der Waals surface area contributed by atoms with Crippen molar-refractivity contribution in [2.75, 3.05) is 5.32 Å². The number of rotatable bonds is 5. The van der Waals surface area contributed by atoms with Crippen molar-refractivity contribution in [1.29, 1.82) is 0 Å². The van der Waals surface area contributed by atoms with Gasteiger partial charge >= 0.3 is 0 Å². The van der Waals surface area contributed by atoms with Crippen molar-refractivity contribution in [2.45, 2.75) is 27.2 Å². The van der Waals surface area contributed by atoms with Crippen LogP contribution < -0.4 is 5.32 Å². The third kappa shape index (κ3) is 4.27. The van der Waals surface area contributed by atoms with Gasteiger partial charge in [-0.3, -0.25) is 19.9 Å². The number of nitrogens with zero attached hydrogens (tertiary/aromatic N) is 5. The van der Waals surface area contributed by atoms with Gasteiger partial charge in [0.05, 0.1) is 41.5 Å². The topological polar surface area (TPSA) is 138 Å². The maximum Gasteiger partial charge on any atom is 0.224 e. The van der Waals surface area contributed by atoms with E-state index in [1.165, 1.54) is 18.6 Å². The zero-order valence-electron chi connectivity index (χ0n) is 20.8. The molecule has 0 aromatic carbocycles. The highest BCUT2D eigenvalue weighted by Gasteiger charge is 2.22. The van der Waals surface area contributed by atoms with Gasteiger partial charge in [0.2, 0.25) is 5.91 Å². The minimum Gasteiger partial charge on any atom is -0.472 e. The minimum atomic E-state index is -0.588. The van der Waals surface area contributed by atoms with Crippen molar-refractivity contribution >= 4 is 33.7 Å². The fourth-order valence-corrected chi connectivity index (χ4v) is 4.35. The zero-order chi connectivity index (χ0) is 26.4. The first kappa shape index (κ1) is 23.5. The number of fused-ring (bicyclic) bond motifs is 2. The SMILES string of the molecule is CC(C)(C)CC(=O)Nc1cncc(-c2ncc3[nH]nc(-c4nc5c(-c6ccoc6)ccnc5[nH]4)c3c2F)c1. The number of H-pyrrole nitrogens is 2. The first-order chi connectivity index (χ1) is 18.3. The summed E-state index contributed by atoms with van der Waals surface area (Å²) >= 11 is 0. The predicted molar refractivity (Wildman–Crippen MR) is 140 cm³/mol. The Balaban J connectivity index is 1.40. The number of hydrogen-bond acceptors (Lipinski definition) is 7. The lowest BCUT2D eigenvalue weighted by molar-refractivity contribution is -0.117. The van der Waals surface area contributed by atoms with E-state index < -0.39 is 5.82 Å².